The lowest BCUT2D eigenvalue weighted by Crippen LogP contribution is -2.03. The van der Waals surface area contributed by atoms with Crippen LogP contribution < -0.4 is 0 Å². The van der Waals surface area contributed by atoms with Crippen molar-refractivity contribution in [2.45, 2.75) is 18.3 Å². The molecule has 3 heteroatoms. The predicted molar refractivity (Wildman–Crippen MR) is 50.6 cm³/mol. The van der Waals surface area contributed by atoms with Crippen LogP contribution in [0.4, 0.5) is 4.39 Å². The van der Waals surface area contributed by atoms with Gasteiger partial charge in [0.15, 0.2) is 0 Å². The normalized spacial score (nSPS) is 17.9. The van der Waals surface area contributed by atoms with Gasteiger partial charge in [-0.2, -0.15) is 5.26 Å². The lowest BCUT2D eigenvalue weighted by Gasteiger charge is -2.08. The summed E-state index contributed by atoms with van der Waals surface area (Å²) in [6, 6.07) is 6.73. The molecule has 1 fully saturated rings. The molecule has 0 unspecified atom stereocenters. The van der Waals surface area contributed by atoms with Crippen LogP contribution in [-0.2, 0) is 5.41 Å². The molecule has 0 saturated heterocycles. The first-order chi connectivity index (χ1) is 6.18. The third-order valence-electron chi connectivity index (χ3n) is 2.41. The minimum atomic E-state index is -0.416. The average molecular weight is 240 g/mol. The quantitative estimate of drug-likeness (QED) is 0.739. The van der Waals surface area contributed by atoms with Gasteiger partial charge in [-0.1, -0.05) is 15.9 Å². The lowest BCUT2D eigenvalue weighted by molar-refractivity contribution is 0.623. The zero-order chi connectivity index (χ0) is 9.47. The van der Waals surface area contributed by atoms with Gasteiger partial charge < -0.3 is 0 Å². The monoisotopic (exact) mass is 239 g/mol. The van der Waals surface area contributed by atoms with Gasteiger partial charge in [-0.25, -0.2) is 4.39 Å². The number of halogens is 2. The van der Waals surface area contributed by atoms with Crippen molar-refractivity contribution in [3.63, 3.8) is 0 Å². The second kappa shape index (κ2) is 2.81. The highest BCUT2D eigenvalue weighted by atomic mass is 79.9. The molecule has 0 N–H and O–H groups in total. The maximum absolute atomic E-state index is 12.9. The van der Waals surface area contributed by atoms with E-state index in [-0.39, 0.29) is 5.82 Å². The Hall–Kier alpha value is -0.880. The van der Waals surface area contributed by atoms with E-state index in [0.29, 0.717) is 0 Å². The topological polar surface area (TPSA) is 23.8 Å². The fourth-order valence-corrected chi connectivity index (χ4v) is 2.06. The van der Waals surface area contributed by atoms with Crippen molar-refractivity contribution >= 4 is 15.9 Å². The fourth-order valence-electron chi connectivity index (χ4n) is 1.43. The minimum absolute atomic E-state index is 0.278. The van der Waals surface area contributed by atoms with Crippen molar-refractivity contribution in [2.24, 2.45) is 0 Å². The van der Waals surface area contributed by atoms with Crippen LogP contribution in [0, 0.1) is 17.1 Å². The summed E-state index contributed by atoms with van der Waals surface area (Å²) in [7, 11) is 0. The van der Waals surface area contributed by atoms with Crippen molar-refractivity contribution in [1.82, 2.24) is 0 Å². The van der Waals surface area contributed by atoms with E-state index >= 15 is 0 Å². The summed E-state index contributed by atoms with van der Waals surface area (Å²) in [5, 5.41) is 8.93. The molecular formula is C10H7BrFN. The highest BCUT2D eigenvalue weighted by molar-refractivity contribution is 9.10. The van der Waals surface area contributed by atoms with E-state index in [2.05, 4.69) is 22.0 Å². The Morgan fingerprint density at radius 2 is 2.15 bits per heavy atom. The van der Waals surface area contributed by atoms with E-state index in [1.807, 2.05) is 0 Å². The van der Waals surface area contributed by atoms with Gasteiger partial charge >= 0.3 is 0 Å². The Labute approximate surface area is 84.3 Å². The summed E-state index contributed by atoms with van der Waals surface area (Å²) in [6.07, 6.45) is 1.68. The zero-order valence-corrected chi connectivity index (χ0v) is 8.44. The molecule has 0 aromatic heterocycles. The summed E-state index contributed by atoms with van der Waals surface area (Å²) in [4.78, 5) is 0. The SMILES string of the molecule is N#CC1(c2cc(F)ccc2Br)CC1. The van der Waals surface area contributed by atoms with Gasteiger partial charge in [0, 0.05) is 4.47 Å². The van der Waals surface area contributed by atoms with Crippen LogP contribution in [0.25, 0.3) is 0 Å². The van der Waals surface area contributed by atoms with Crippen LogP contribution in [0.5, 0.6) is 0 Å². The maximum atomic E-state index is 12.9. The summed E-state index contributed by atoms with van der Waals surface area (Å²) in [5.41, 5.74) is 0.371. The Balaban J connectivity index is 2.52. The number of nitriles is 1. The molecule has 1 aromatic carbocycles. The van der Waals surface area contributed by atoms with Crippen LogP contribution in [0.2, 0.25) is 0 Å². The predicted octanol–water partition coefficient (Wildman–Crippen LogP) is 3.14. The van der Waals surface area contributed by atoms with E-state index in [0.717, 1.165) is 22.9 Å². The van der Waals surface area contributed by atoms with Crippen LogP contribution in [0.1, 0.15) is 18.4 Å². The summed E-state index contributed by atoms with van der Waals surface area (Å²) in [6.45, 7) is 0. The fraction of sp³-hybridized carbons (Fsp3) is 0.300. The van der Waals surface area contributed by atoms with Gasteiger partial charge in [0.2, 0.25) is 0 Å². The van der Waals surface area contributed by atoms with E-state index in [9.17, 15) is 4.39 Å². The van der Waals surface area contributed by atoms with E-state index < -0.39 is 5.41 Å². The molecule has 13 heavy (non-hydrogen) atoms. The van der Waals surface area contributed by atoms with Crippen molar-refractivity contribution < 1.29 is 4.39 Å². The molecule has 0 aliphatic heterocycles. The largest absolute Gasteiger partial charge is 0.207 e. The molecule has 1 aliphatic carbocycles. The first kappa shape index (κ1) is 8.71. The number of benzene rings is 1. The number of nitrogens with zero attached hydrogens (tertiary/aromatic N) is 1. The van der Waals surface area contributed by atoms with Crippen LogP contribution >= 0.6 is 15.9 Å². The summed E-state index contributed by atoms with van der Waals surface area (Å²) >= 11 is 3.33. The van der Waals surface area contributed by atoms with Crippen molar-refractivity contribution in [1.29, 1.82) is 5.26 Å². The summed E-state index contributed by atoms with van der Waals surface area (Å²) in [5.74, 6) is -0.278. The van der Waals surface area contributed by atoms with Crippen molar-refractivity contribution in [2.75, 3.05) is 0 Å². The Kier molecular flexibility index (Phi) is 1.88. The number of hydrogen-bond acceptors (Lipinski definition) is 1. The first-order valence-electron chi connectivity index (χ1n) is 4.05. The molecule has 0 atom stereocenters. The molecule has 1 aromatic rings. The average Bonchev–Trinajstić information content (AvgIpc) is 2.90. The second-order valence-electron chi connectivity index (χ2n) is 3.32. The van der Waals surface area contributed by atoms with Crippen molar-refractivity contribution in [3.05, 3.63) is 34.1 Å². The van der Waals surface area contributed by atoms with Gasteiger partial charge in [0.1, 0.15) is 5.82 Å². The molecule has 2 rings (SSSR count). The Bertz CT molecular complexity index is 390. The molecule has 1 nitrogen and oxygen atoms in total. The van der Waals surface area contributed by atoms with E-state index in [1.54, 1.807) is 6.07 Å². The molecular weight excluding hydrogens is 233 g/mol. The second-order valence-corrected chi connectivity index (χ2v) is 4.17. The third-order valence-corrected chi connectivity index (χ3v) is 3.10. The van der Waals surface area contributed by atoms with Gasteiger partial charge in [-0.3, -0.25) is 0 Å². The Morgan fingerprint density at radius 1 is 1.46 bits per heavy atom. The van der Waals surface area contributed by atoms with Crippen LogP contribution in [0.15, 0.2) is 22.7 Å². The van der Waals surface area contributed by atoms with E-state index in [4.69, 9.17) is 5.26 Å². The highest BCUT2D eigenvalue weighted by Crippen LogP contribution is 2.49. The summed E-state index contributed by atoms with van der Waals surface area (Å²) < 4.78 is 13.7. The molecule has 0 radical (unpaired) electrons. The maximum Gasteiger partial charge on any atom is 0.123 e. The third kappa shape index (κ3) is 1.36. The molecule has 0 bridgehead atoms. The Morgan fingerprint density at radius 3 is 2.69 bits per heavy atom. The van der Waals surface area contributed by atoms with Crippen LogP contribution in [0.3, 0.4) is 0 Å². The van der Waals surface area contributed by atoms with Gasteiger partial charge in [-0.05, 0) is 36.6 Å². The number of hydrogen-bond donors (Lipinski definition) is 0. The van der Waals surface area contributed by atoms with Gasteiger partial charge in [-0.15, -0.1) is 0 Å². The molecule has 0 heterocycles. The van der Waals surface area contributed by atoms with Crippen LogP contribution in [-0.4, -0.2) is 0 Å². The zero-order valence-electron chi connectivity index (χ0n) is 6.85. The molecule has 1 saturated carbocycles. The van der Waals surface area contributed by atoms with E-state index in [1.165, 1.54) is 12.1 Å². The van der Waals surface area contributed by atoms with Gasteiger partial charge in [0.25, 0.3) is 0 Å². The lowest BCUT2D eigenvalue weighted by atomic mass is 9.98. The minimum Gasteiger partial charge on any atom is -0.207 e. The molecule has 0 spiro atoms. The number of rotatable bonds is 1. The van der Waals surface area contributed by atoms with Gasteiger partial charge in [0.05, 0.1) is 11.5 Å². The smallest absolute Gasteiger partial charge is 0.123 e. The standard InChI is InChI=1S/C10H7BrFN/c11-9-2-1-7(12)5-8(9)10(6-13)3-4-10/h1-2,5H,3-4H2. The molecule has 0 amide bonds. The van der Waals surface area contributed by atoms with Crippen molar-refractivity contribution in [3.8, 4) is 6.07 Å². The molecule has 1 aliphatic rings. The first-order valence-corrected chi connectivity index (χ1v) is 4.84. The molecule has 66 valence electrons. The highest BCUT2D eigenvalue weighted by Gasteiger charge is 2.46.